The van der Waals surface area contributed by atoms with Gasteiger partial charge in [-0.1, -0.05) is 6.07 Å². The number of piperidine rings is 1. The van der Waals surface area contributed by atoms with E-state index in [0.717, 1.165) is 30.4 Å². The van der Waals surface area contributed by atoms with Crippen molar-refractivity contribution < 1.29 is 27.2 Å². The Kier molecular flexibility index (Phi) is 5.65. The van der Waals surface area contributed by atoms with E-state index < -0.39 is 28.8 Å². The molecule has 3 rings (SSSR count). The van der Waals surface area contributed by atoms with Crippen molar-refractivity contribution in [3.8, 4) is 0 Å². The molecule has 1 fully saturated rings. The van der Waals surface area contributed by atoms with Gasteiger partial charge in [0.25, 0.3) is 0 Å². The standard InChI is InChI=1S/C21H22F3N2O2/c1-26(2)8-6-13(7-9-26)21(28)18-5-3-4-15(25-18)12-19(27)20-16(23)10-14(22)11-17(20)24/h3-5,10-11,13H,6-9,12H2,1-2H3/q+1. The van der Waals surface area contributed by atoms with Crippen molar-refractivity contribution in [3.63, 3.8) is 0 Å². The lowest BCUT2D eigenvalue weighted by Gasteiger charge is -2.36. The van der Waals surface area contributed by atoms with Crippen LogP contribution >= 0.6 is 0 Å². The molecule has 148 valence electrons. The third kappa shape index (κ3) is 4.47. The van der Waals surface area contributed by atoms with Crippen LogP contribution in [-0.2, 0) is 6.42 Å². The maximum atomic E-state index is 13.8. The second-order valence-electron chi connectivity index (χ2n) is 7.88. The monoisotopic (exact) mass is 391 g/mol. The van der Waals surface area contributed by atoms with E-state index in [1.165, 1.54) is 6.07 Å². The molecule has 28 heavy (non-hydrogen) atoms. The van der Waals surface area contributed by atoms with Crippen LogP contribution in [0.2, 0.25) is 0 Å². The van der Waals surface area contributed by atoms with Crippen LogP contribution in [0.3, 0.4) is 0 Å². The van der Waals surface area contributed by atoms with E-state index >= 15 is 0 Å². The van der Waals surface area contributed by atoms with Gasteiger partial charge >= 0.3 is 0 Å². The van der Waals surface area contributed by atoms with E-state index in [1.807, 2.05) is 0 Å². The molecule has 0 radical (unpaired) electrons. The summed E-state index contributed by atoms with van der Waals surface area (Å²) in [6, 6.07) is 5.64. The number of benzene rings is 1. The zero-order valence-electron chi connectivity index (χ0n) is 15.8. The van der Waals surface area contributed by atoms with Crippen molar-refractivity contribution in [3.05, 3.63) is 64.7 Å². The Morgan fingerprint density at radius 2 is 1.68 bits per heavy atom. The van der Waals surface area contributed by atoms with Gasteiger partial charge in [-0.15, -0.1) is 0 Å². The van der Waals surface area contributed by atoms with Gasteiger partial charge in [0.1, 0.15) is 23.1 Å². The number of pyridine rings is 1. The fourth-order valence-corrected chi connectivity index (χ4v) is 3.51. The SMILES string of the molecule is C[N+]1(C)CCC(C(=O)c2cccc(CC(=O)c3c(F)cc(F)cc3F)n2)CC1. The van der Waals surface area contributed by atoms with Crippen LogP contribution in [0.1, 0.15) is 39.4 Å². The van der Waals surface area contributed by atoms with E-state index in [1.54, 1.807) is 12.1 Å². The average molecular weight is 391 g/mol. The van der Waals surface area contributed by atoms with Crippen molar-refractivity contribution >= 4 is 11.6 Å². The van der Waals surface area contributed by atoms with Crippen LogP contribution in [0.4, 0.5) is 13.2 Å². The van der Waals surface area contributed by atoms with Gasteiger partial charge in [-0.3, -0.25) is 9.59 Å². The fraction of sp³-hybridized carbons (Fsp3) is 0.381. The van der Waals surface area contributed by atoms with Crippen molar-refractivity contribution in [2.45, 2.75) is 19.3 Å². The minimum absolute atomic E-state index is 0.0758. The highest BCUT2D eigenvalue weighted by atomic mass is 19.1. The number of Topliss-reactive ketones (excluding diaryl/α,β-unsaturated/α-hetero) is 2. The quantitative estimate of drug-likeness (QED) is 0.578. The molecule has 1 aromatic carbocycles. The highest BCUT2D eigenvalue weighted by Gasteiger charge is 2.31. The summed E-state index contributed by atoms with van der Waals surface area (Å²) in [5.74, 6) is -4.64. The van der Waals surface area contributed by atoms with Gasteiger partial charge in [-0.25, -0.2) is 18.2 Å². The maximum Gasteiger partial charge on any atom is 0.184 e. The lowest BCUT2D eigenvalue weighted by Crippen LogP contribution is -2.47. The van der Waals surface area contributed by atoms with E-state index in [2.05, 4.69) is 19.1 Å². The van der Waals surface area contributed by atoms with Gasteiger partial charge < -0.3 is 4.48 Å². The van der Waals surface area contributed by atoms with Gasteiger partial charge in [0.05, 0.1) is 39.2 Å². The molecule has 1 aliphatic rings. The van der Waals surface area contributed by atoms with Gasteiger partial charge in [-0.05, 0) is 12.1 Å². The predicted octanol–water partition coefficient (Wildman–Crippen LogP) is 3.59. The first-order valence-corrected chi connectivity index (χ1v) is 9.16. The Labute approximate surface area is 161 Å². The first-order valence-electron chi connectivity index (χ1n) is 9.16. The van der Waals surface area contributed by atoms with Gasteiger partial charge in [-0.2, -0.15) is 0 Å². The summed E-state index contributed by atoms with van der Waals surface area (Å²) >= 11 is 0. The van der Waals surface area contributed by atoms with Gasteiger partial charge in [0.2, 0.25) is 0 Å². The van der Waals surface area contributed by atoms with E-state index in [4.69, 9.17) is 0 Å². The van der Waals surface area contributed by atoms with Crippen LogP contribution in [0, 0.1) is 23.4 Å². The third-order valence-corrected chi connectivity index (χ3v) is 5.22. The van der Waals surface area contributed by atoms with Crippen molar-refractivity contribution in [1.82, 2.24) is 4.98 Å². The molecule has 0 spiro atoms. The van der Waals surface area contributed by atoms with Gasteiger partial charge in [0, 0.05) is 36.6 Å². The average Bonchev–Trinajstić information content (AvgIpc) is 2.60. The summed E-state index contributed by atoms with van der Waals surface area (Å²) in [6.45, 7) is 1.80. The molecule has 2 aromatic rings. The number of quaternary nitrogens is 1. The topological polar surface area (TPSA) is 47.0 Å². The second-order valence-corrected chi connectivity index (χ2v) is 7.88. The number of nitrogens with zero attached hydrogens (tertiary/aromatic N) is 2. The largest absolute Gasteiger partial charge is 0.328 e. The van der Waals surface area contributed by atoms with E-state index in [-0.39, 0.29) is 29.5 Å². The molecule has 1 aliphatic heterocycles. The number of rotatable bonds is 5. The molecule has 0 N–H and O–H groups in total. The second kappa shape index (κ2) is 7.83. The summed E-state index contributed by atoms with van der Waals surface area (Å²) < 4.78 is 41.5. The fourth-order valence-electron chi connectivity index (χ4n) is 3.51. The number of likely N-dealkylation sites (tertiary alicyclic amines) is 1. The van der Waals surface area contributed by atoms with E-state index in [0.29, 0.717) is 12.1 Å². The summed E-state index contributed by atoms with van der Waals surface area (Å²) in [6.07, 6.45) is 1.15. The number of hydrogen-bond donors (Lipinski definition) is 0. The number of halogens is 3. The maximum absolute atomic E-state index is 13.8. The Morgan fingerprint density at radius 3 is 2.29 bits per heavy atom. The minimum atomic E-state index is -1.25. The first kappa shape index (κ1) is 20.2. The summed E-state index contributed by atoms with van der Waals surface area (Å²) in [5, 5.41) is 0. The lowest BCUT2D eigenvalue weighted by molar-refractivity contribution is -0.895. The first-order chi connectivity index (χ1) is 13.2. The molecule has 2 heterocycles. The summed E-state index contributed by atoms with van der Waals surface area (Å²) in [5.41, 5.74) is -0.305. The molecule has 0 atom stereocenters. The Hall–Kier alpha value is -2.54. The van der Waals surface area contributed by atoms with Gasteiger partial charge in [0.15, 0.2) is 11.6 Å². The Balaban J connectivity index is 1.75. The molecule has 4 nitrogen and oxygen atoms in total. The van der Waals surface area contributed by atoms with E-state index in [9.17, 15) is 22.8 Å². The molecule has 7 heteroatoms. The molecular formula is C21H22F3N2O2+. The highest BCUT2D eigenvalue weighted by Crippen LogP contribution is 2.24. The Bertz CT molecular complexity index is 895. The Morgan fingerprint density at radius 1 is 1.07 bits per heavy atom. The molecule has 0 aliphatic carbocycles. The predicted molar refractivity (Wildman–Crippen MR) is 97.5 cm³/mol. The zero-order valence-corrected chi connectivity index (χ0v) is 15.8. The highest BCUT2D eigenvalue weighted by molar-refractivity contribution is 5.98. The molecule has 0 unspecified atom stereocenters. The molecule has 0 bridgehead atoms. The zero-order chi connectivity index (χ0) is 20.5. The number of carbonyl (C=O) groups is 2. The smallest absolute Gasteiger partial charge is 0.184 e. The van der Waals surface area contributed by atoms with Crippen LogP contribution in [0.5, 0.6) is 0 Å². The number of hydrogen-bond acceptors (Lipinski definition) is 3. The molecule has 0 amide bonds. The molecule has 0 saturated carbocycles. The van der Waals surface area contributed by atoms with Crippen LogP contribution in [0.15, 0.2) is 30.3 Å². The third-order valence-electron chi connectivity index (χ3n) is 5.22. The van der Waals surface area contributed by atoms with Crippen molar-refractivity contribution in [2.24, 2.45) is 5.92 Å². The van der Waals surface area contributed by atoms with Crippen molar-refractivity contribution in [2.75, 3.05) is 27.2 Å². The molecule has 1 aromatic heterocycles. The number of ketones is 2. The molecule has 1 saturated heterocycles. The summed E-state index contributed by atoms with van der Waals surface area (Å²) in [4.78, 5) is 29.3. The number of aromatic nitrogens is 1. The summed E-state index contributed by atoms with van der Waals surface area (Å²) in [7, 11) is 4.25. The van der Waals surface area contributed by atoms with Crippen LogP contribution in [0.25, 0.3) is 0 Å². The lowest BCUT2D eigenvalue weighted by atomic mass is 9.90. The van der Waals surface area contributed by atoms with Crippen LogP contribution in [-0.4, -0.2) is 48.2 Å². The number of carbonyl (C=O) groups excluding carboxylic acids is 2. The molecular weight excluding hydrogens is 369 g/mol. The minimum Gasteiger partial charge on any atom is -0.328 e. The van der Waals surface area contributed by atoms with Crippen molar-refractivity contribution in [1.29, 1.82) is 0 Å². The van der Waals surface area contributed by atoms with Crippen LogP contribution < -0.4 is 0 Å². The normalized spacial score (nSPS) is 16.8.